The number of aromatic nitrogens is 2. The maximum Gasteiger partial charge on any atom is 0.393 e. The lowest BCUT2D eigenvalue weighted by molar-refractivity contribution is -0.181. The van der Waals surface area contributed by atoms with Crippen LogP contribution >= 0.6 is 11.6 Å². The highest BCUT2D eigenvalue weighted by molar-refractivity contribution is 6.33. The summed E-state index contributed by atoms with van der Waals surface area (Å²) >= 11 is 6.49. The van der Waals surface area contributed by atoms with Crippen LogP contribution in [0.25, 0.3) is 11.1 Å². The highest BCUT2D eigenvalue weighted by Gasteiger charge is 2.43. The van der Waals surface area contributed by atoms with Gasteiger partial charge in [0.15, 0.2) is 0 Å². The zero-order chi connectivity index (χ0) is 25.7. The van der Waals surface area contributed by atoms with Gasteiger partial charge < -0.3 is 20.7 Å². The molecular formula is C25H31ClF3N5O2. The van der Waals surface area contributed by atoms with Crippen molar-refractivity contribution in [2.24, 2.45) is 17.8 Å². The Morgan fingerprint density at radius 3 is 2.69 bits per heavy atom. The number of anilines is 2. The van der Waals surface area contributed by atoms with Gasteiger partial charge >= 0.3 is 6.18 Å². The van der Waals surface area contributed by atoms with Crippen LogP contribution in [-0.4, -0.2) is 54.9 Å². The van der Waals surface area contributed by atoms with Crippen LogP contribution in [0.4, 0.5) is 24.7 Å². The van der Waals surface area contributed by atoms with Crippen LogP contribution in [0.1, 0.15) is 31.7 Å². The maximum atomic E-state index is 13.1. The van der Waals surface area contributed by atoms with E-state index in [-0.39, 0.29) is 25.3 Å². The van der Waals surface area contributed by atoms with E-state index in [9.17, 15) is 18.0 Å². The van der Waals surface area contributed by atoms with Gasteiger partial charge in [-0.05, 0) is 43.2 Å². The number of hydrogen-bond acceptors (Lipinski definition) is 6. The van der Waals surface area contributed by atoms with E-state index in [2.05, 4.69) is 25.9 Å². The Labute approximate surface area is 213 Å². The predicted octanol–water partition coefficient (Wildman–Crippen LogP) is 4.92. The lowest BCUT2D eigenvalue weighted by atomic mass is 9.89. The highest BCUT2D eigenvalue weighted by atomic mass is 35.5. The van der Waals surface area contributed by atoms with Crippen LogP contribution in [0, 0.1) is 17.8 Å². The summed E-state index contributed by atoms with van der Waals surface area (Å²) in [7, 11) is 0. The van der Waals surface area contributed by atoms with E-state index >= 15 is 0 Å². The molecule has 2 aromatic rings. The molecule has 0 radical (unpaired) electrons. The van der Waals surface area contributed by atoms with Gasteiger partial charge in [0, 0.05) is 56.4 Å². The molecule has 0 spiro atoms. The lowest BCUT2D eigenvalue weighted by Gasteiger charge is -2.30. The predicted molar refractivity (Wildman–Crippen MR) is 133 cm³/mol. The number of halogens is 4. The maximum absolute atomic E-state index is 13.1. The van der Waals surface area contributed by atoms with E-state index < -0.39 is 23.9 Å². The Hall–Kier alpha value is -2.43. The molecule has 0 bridgehead atoms. The molecule has 7 nitrogen and oxygen atoms in total. The largest absolute Gasteiger partial charge is 0.393 e. The summed E-state index contributed by atoms with van der Waals surface area (Å²) in [5, 5.41) is 9.31. The summed E-state index contributed by atoms with van der Waals surface area (Å²) in [4.78, 5) is 21.4. The van der Waals surface area contributed by atoms with E-state index in [0.29, 0.717) is 16.5 Å². The van der Waals surface area contributed by atoms with Gasteiger partial charge in [0.05, 0.1) is 28.7 Å². The van der Waals surface area contributed by atoms with Crippen molar-refractivity contribution in [3.63, 3.8) is 0 Å². The average Bonchev–Trinajstić information content (AvgIpc) is 2.88. The summed E-state index contributed by atoms with van der Waals surface area (Å²) in [6.07, 6.45) is 3.12. The molecular weight excluding hydrogens is 495 g/mol. The second kappa shape index (κ2) is 11.7. The van der Waals surface area contributed by atoms with Crippen molar-refractivity contribution < 1.29 is 22.7 Å². The number of pyridine rings is 2. The van der Waals surface area contributed by atoms with Crippen LogP contribution in [-0.2, 0) is 16.0 Å². The Bertz CT molecular complexity index is 1060. The van der Waals surface area contributed by atoms with E-state index in [0.717, 1.165) is 55.8 Å². The third kappa shape index (κ3) is 6.46. The summed E-state index contributed by atoms with van der Waals surface area (Å²) < 4.78 is 44.9. The molecule has 196 valence electrons. The van der Waals surface area contributed by atoms with Gasteiger partial charge in [0.2, 0.25) is 5.91 Å². The van der Waals surface area contributed by atoms with Gasteiger partial charge in [-0.25, -0.2) is 4.98 Å². The van der Waals surface area contributed by atoms with Crippen molar-refractivity contribution >= 4 is 29.0 Å². The van der Waals surface area contributed by atoms with E-state index in [1.54, 1.807) is 18.5 Å². The van der Waals surface area contributed by atoms with Crippen LogP contribution in [0.15, 0.2) is 24.7 Å². The SMILES string of the molecule is CCc1c(NCC2CCOCC2)cncc1-c1cc(NC(=O)C2CNCC(C(F)(F)F)C2)ncc1Cl. The fourth-order valence-corrected chi connectivity index (χ4v) is 5.00. The lowest BCUT2D eigenvalue weighted by Crippen LogP contribution is -2.46. The molecule has 2 aromatic heterocycles. The molecule has 36 heavy (non-hydrogen) atoms. The number of nitrogens with zero attached hydrogens (tertiary/aromatic N) is 2. The number of carbonyl (C=O) groups is 1. The molecule has 2 unspecified atom stereocenters. The molecule has 11 heteroatoms. The van der Waals surface area contributed by atoms with Crippen molar-refractivity contribution in [2.45, 2.75) is 38.8 Å². The third-order valence-corrected chi connectivity index (χ3v) is 7.22. The Morgan fingerprint density at radius 1 is 1.19 bits per heavy atom. The number of hydrogen-bond donors (Lipinski definition) is 3. The number of rotatable bonds is 7. The molecule has 1 amide bonds. The summed E-state index contributed by atoms with van der Waals surface area (Å²) in [5.41, 5.74) is 3.42. The van der Waals surface area contributed by atoms with Crippen LogP contribution in [0.5, 0.6) is 0 Å². The van der Waals surface area contributed by atoms with Crippen molar-refractivity contribution in [1.82, 2.24) is 15.3 Å². The molecule has 0 aliphatic carbocycles. The minimum absolute atomic E-state index is 0.178. The second-order valence-electron chi connectivity index (χ2n) is 9.37. The van der Waals surface area contributed by atoms with Crippen molar-refractivity contribution in [2.75, 3.05) is 43.5 Å². The van der Waals surface area contributed by atoms with Crippen molar-refractivity contribution in [3.05, 3.63) is 35.2 Å². The Morgan fingerprint density at radius 2 is 1.97 bits per heavy atom. The normalized spacial score (nSPS) is 21.2. The van der Waals surface area contributed by atoms with E-state index in [4.69, 9.17) is 16.3 Å². The molecule has 3 N–H and O–H groups in total. The molecule has 4 heterocycles. The standard InChI is InChI=1S/C25H31ClF3N5O2/c1-2-18-20(12-31-14-22(18)32-9-15-3-5-36-6-4-15)19-8-23(33-13-21(19)26)34-24(35)16-7-17(11-30-10-16)25(27,28)29/h8,12-17,30,32H,2-7,9-11H2,1H3,(H,33,34,35). The zero-order valence-corrected chi connectivity index (χ0v) is 20.9. The minimum atomic E-state index is -4.34. The van der Waals surface area contributed by atoms with Gasteiger partial charge in [0.25, 0.3) is 0 Å². The number of nitrogens with one attached hydrogen (secondary N) is 3. The minimum Gasteiger partial charge on any atom is -0.383 e. The molecule has 0 aromatic carbocycles. The third-order valence-electron chi connectivity index (χ3n) is 6.91. The molecule has 2 fully saturated rings. The number of piperidine rings is 1. The molecule has 0 saturated carbocycles. The Kier molecular flexibility index (Phi) is 8.69. The van der Waals surface area contributed by atoms with E-state index in [1.165, 1.54) is 6.20 Å². The first-order valence-corrected chi connectivity index (χ1v) is 12.7. The van der Waals surface area contributed by atoms with Gasteiger partial charge in [-0.2, -0.15) is 13.2 Å². The van der Waals surface area contributed by atoms with Crippen LogP contribution in [0.2, 0.25) is 5.02 Å². The summed E-state index contributed by atoms with van der Waals surface area (Å²) in [5.74, 6) is -2.10. The van der Waals surface area contributed by atoms with Crippen LogP contribution in [0.3, 0.4) is 0 Å². The molecule has 2 atom stereocenters. The first-order chi connectivity index (χ1) is 17.3. The van der Waals surface area contributed by atoms with Crippen molar-refractivity contribution in [1.29, 1.82) is 0 Å². The molecule has 2 aliphatic rings. The van der Waals surface area contributed by atoms with Gasteiger partial charge in [-0.1, -0.05) is 18.5 Å². The smallest absolute Gasteiger partial charge is 0.383 e. The first kappa shape index (κ1) is 26.6. The Balaban J connectivity index is 1.51. The summed E-state index contributed by atoms with van der Waals surface area (Å²) in [6, 6.07) is 1.65. The number of ether oxygens (including phenoxy) is 1. The molecule has 2 saturated heterocycles. The van der Waals surface area contributed by atoms with Gasteiger partial charge in [-0.15, -0.1) is 0 Å². The van der Waals surface area contributed by atoms with Gasteiger partial charge in [0.1, 0.15) is 5.82 Å². The monoisotopic (exact) mass is 525 g/mol. The molecule has 2 aliphatic heterocycles. The number of carbonyl (C=O) groups excluding carboxylic acids is 1. The topological polar surface area (TPSA) is 88.2 Å². The second-order valence-corrected chi connectivity index (χ2v) is 9.78. The van der Waals surface area contributed by atoms with E-state index in [1.807, 2.05) is 6.92 Å². The fraction of sp³-hybridized carbons (Fsp3) is 0.560. The fourth-order valence-electron chi connectivity index (χ4n) is 4.79. The summed E-state index contributed by atoms with van der Waals surface area (Å²) in [6.45, 7) is 4.43. The highest BCUT2D eigenvalue weighted by Crippen LogP contribution is 2.36. The zero-order valence-electron chi connectivity index (χ0n) is 20.1. The first-order valence-electron chi connectivity index (χ1n) is 12.3. The average molecular weight is 526 g/mol. The quantitative estimate of drug-likeness (QED) is 0.475. The van der Waals surface area contributed by atoms with Gasteiger partial charge in [-0.3, -0.25) is 9.78 Å². The van der Waals surface area contributed by atoms with Crippen molar-refractivity contribution in [3.8, 4) is 11.1 Å². The number of amides is 1. The van der Waals surface area contributed by atoms with Crippen LogP contribution < -0.4 is 16.0 Å². The number of alkyl halides is 3. The molecule has 4 rings (SSSR count).